The zero-order chi connectivity index (χ0) is 10.9. The van der Waals surface area contributed by atoms with E-state index in [-0.39, 0.29) is 16.5 Å². The van der Waals surface area contributed by atoms with Gasteiger partial charge in [-0.25, -0.2) is 0 Å². The summed E-state index contributed by atoms with van der Waals surface area (Å²) in [5.41, 5.74) is 0. The van der Waals surface area contributed by atoms with Gasteiger partial charge in [0.25, 0.3) is 0 Å². The first-order valence-electron chi connectivity index (χ1n) is 5.08. The average molecular weight is 238 g/mol. The fourth-order valence-electron chi connectivity index (χ4n) is 0.354. The van der Waals surface area contributed by atoms with Crippen LogP contribution in [0.3, 0.4) is 0 Å². The van der Waals surface area contributed by atoms with E-state index in [9.17, 15) is 0 Å². The SMILES string of the molecule is [BH]C#CCCCC.[CH2-]CC.[CH2-]CC.[Ni+2]. The molecule has 0 spiro atoms. The predicted octanol–water partition coefficient (Wildman–Crippen LogP) is 3.50. The standard InChI is InChI=1S/C6H10B.2C3H7.Ni/c1-2-3-4-5-6-7;2*1-3-2;/h7H,2-4H2,1H3;2*1,3H2,2H3;/q;2*-1;+2. The topological polar surface area (TPSA) is 0 Å². The van der Waals surface area contributed by atoms with Crippen LogP contribution in [-0.2, 0) is 16.5 Å². The first-order valence-corrected chi connectivity index (χ1v) is 5.08. The second-order valence-electron chi connectivity index (χ2n) is 2.46. The van der Waals surface area contributed by atoms with Gasteiger partial charge in [-0.05, 0) is 6.42 Å². The second-order valence-corrected chi connectivity index (χ2v) is 2.46. The fourth-order valence-corrected chi connectivity index (χ4v) is 0.354. The zero-order valence-electron chi connectivity index (χ0n) is 9.97. The predicted molar refractivity (Wildman–Crippen MR) is 65.7 cm³/mol. The molecule has 0 unspecified atom stereocenters. The molecule has 1 radical (unpaired) electrons. The van der Waals surface area contributed by atoms with Gasteiger partial charge in [-0.3, -0.25) is 0 Å². The van der Waals surface area contributed by atoms with Gasteiger partial charge in [-0.2, -0.15) is 18.7 Å². The molecule has 0 aliphatic heterocycles. The molecule has 2 heteroatoms. The molecule has 0 amide bonds. The minimum Gasteiger partial charge on any atom is -0.344 e. The Morgan fingerprint density at radius 1 is 1.07 bits per heavy atom. The van der Waals surface area contributed by atoms with E-state index in [1.165, 1.54) is 12.8 Å². The molecular weight excluding hydrogens is 214 g/mol. The van der Waals surface area contributed by atoms with Crippen molar-refractivity contribution in [1.82, 2.24) is 0 Å². The van der Waals surface area contributed by atoms with E-state index in [1.807, 2.05) is 13.8 Å². The third-order valence-electron chi connectivity index (χ3n) is 0.780. The van der Waals surface area contributed by atoms with Crippen molar-refractivity contribution < 1.29 is 16.5 Å². The van der Waals surface area contributed by atoms with Gasteiger partial charge in [-0.1, -0.05) is 27.2 Å². The molecule has 0 rings (SSSR count). The van der Waals surface area contributed by atoms with Crippen LogP contribution in [0, 0.1) is 25.6 Å². The molecule has 85 valence electrons. The molecule has 0 aliphatic rings. The van der Waals surface area contributed by atoms with Crippen LogP contribution in [0.4, 0.5) is 0 Å². The molecule has 0 heterocycles. The van der Waals surface area contributed by atoms with Gasteiger partial charge in [0, 0.05) is 6.42 Å². The maximum atomic E-state index is 3.49. The maximum absolute atomic E-state index is 3.49. The van der Waals surface area contributed by atoms with Gasteiger partial charge in [0.15, 0.2) is 7.85 Å². The smallest absolute Gasteiger partial charge is 0.344 e. The molecule has 0 fully saturated rings. The maximum Gasteiger partial charge on any atom is 2.00 e. The third-order valence-corrected chi connectivity index (χ3v) is 0.780. The van der Waals surface area contributed by atoms with Crippen molar-refractivity contribution in [3.63, 3.8) is 0 Å². The van der Waals surface area contributed by atoms with Crippen LogP contribution in [0.5, 0.6) is 0 Å². The van der Waals surface area contributed by atoms with Crippen molar-refractivity contribution in [1.29, 1.82) is 0 Å². The molecule has 0 saturated carbocycles. The van der Waals surface area contributed by atoms with Crippen molar-refractivity contribution in [2.75, 3.05) is 0 Å². The van der Waals surface area contributed by atoms with E-state index >= 15 is 0 Å². The summed E-state index contributed by atoms with van der Waals surface area (Å²) < 4.78 is 0. The average Bonchev–Trinajstić information content (AvgIpc) is 2.08. The molecule has 0 bridgehead atoms. The monoisotopic (exact) mass is 237 g/mol. The molecule has 0 aromatic heterocycles. The van der Waals surface area contributed by atoms with Gasteiger partial charge >= 0.3 is 16.5 Å². The van der Waals surface area contributed by atoms with Crippen LogP contribution in [0.1, 0.15) is 52.9 Å². The Labute approximate surface area is 103 Å². The Kier molecular flexibility index (Phi) is 64.4. The van der Waals surface area contributed by atoms with Gasteiger partial charge in [0.05, 0.1) is 0 Å². The Balaban J connectivity index is -0.0000000610. The summed E-state index contributed by atoms with van der Waals surface area (Å²) in [5.74, 6) is 5.49. The number of unbranched alkanes of at least 4 members (excludes halogenated alkanes) is 2. The summed E-state index contributed by atoms with van der Waals surface area (Å²) in [7, 11) is 3.40. The van der Waals surface area contributed by atoms with E-state index < -0.39 is 0 Å². The second kappa shape index (κ2) is 38.0. The van der Waals surface area contributed by atoms with E-state index in [2.05, 4.69) is 40.4 Å². The largest absolute Gasteiger partial charge is 2.00 e. The van der Waals surface area contributed by atoms with Crippen molar-refractivity contribution in [3.8, 4) is 11.7 Å². The first kappa shape index (κ1) is 23.7. The summed E-state index contributed by atoms with van der Waals surface area (Å²) in [6.07, 6.45) is 5.46. The quantitative estimate of drug-likeness (QED) is 0.299. The first-order chi connectivity index (χ1) is 6.24. The molecule has 0 aliphatic carbocycles. The van der Waals surface area contributed by atoms with Crippen LogP contribution >= 0.6 is 0 Å². The van der Waals surface area contributed by atoms with Crippen LogP contribution < -0.4 is 0 Å². The van der Waals surface area contributed by atoms with Gasteiger partial charge in [0.2, 0.25) is 0 Å². The zero-order valence-corrected chi connectivity index (χ0v) is 11.0. The van der Waals surface area contributed by atoms with E-state index in [0.717, 1.165) is 19.3 Å². The fraction of sp³-hybridized carbons (Fsp3) is 0.667. The number of rotatable bonds is 2. The molecular formula is C12H24BNi. The third kappa shape index (κ3) is 88.3. The summed E-state index contributed by atoms with van der Waals surface area (Å²) in [4.78, 5) is 0. The summed E-state index contributed by atoms with van der Waals surface area (Å²) in [5, 5.41) is 0. The summed E-state index contributed by atoms with van der Waals surface area (Å²) in [6.45, 7) is 13.2. The van der Waals surface area contributed by atoms with E-state index in [1.54, 1.807) is 0 Å². The summed E-state index contributed by atoms with van der Waals surface area (Å²) >= 11 is 0. The Hall–Kier alpha value is 0.118. The Morgan fingerprint density at radius 3 is 1.64 bits per heavy atom. The minimum absolute atomic E-state index is 0. The van der Waals surface area contributed by atoms with Gasteiger partial charge in [0.1, 0.15) is 0 Å². The molecule has 0 saturated heterocycles. The molecule has 0 N–H and O–H groups in total. The van der Waals surface area contributed by atoms with Crippen LogP contribution in [0.15, 0.2) is 0 Å². The molecule has 0 atom stereocenters. The van der Waals surface area contributed by atoms with Crippen LogP contribution in [0.2, 0.25) is 0 Å². The number of hydrogen-bond acceptors (Lipinski definition) is 0. The Morgan fingerprint density at radius 2 is 1.43 bits per heavy atom. The molecule has 0 nitrogen and oxygen atoms in total. The number of hydrogen-bond donors (Lipinski definition) is 0. The molecule has 14 heavy (non-hydrogen) atoms. The van der Waals surface area contributed by atoms with Crippen molar-refractivity contribution >= 4 is 7.85 Å². The van der Waals surface area contributed by atoms with Crippen molar-refractivity contribution in [2.24, 2.45) is 0 Å². The van der Waals surface area contributed by atoms with Crippen LogP contribution in [-0.4, -0.2) is 7.85 Å². The van der Waals surface area contributed by atoms with Gasteiger partial charge < -0.3 is 13.8 Å². The summed E-state index contributed by atoms with van der Waals surface area (Å²) in [6, 6.07) is 0. The van der Waals surface area contributed by atoms with Crippen molar-refractivity contribution in [3.05, 3.63) is 13.8 Å². The van der Waals surface area contributed by atoms with Crippen molar-refractivity contribution in [2.45, 2.75) is 52.9 Å². The Bertz CT molecular complexity index is 101. The van der Waals surface area contributed by atoms with Crippen LogP contribution in [0.25, 0.3) is 0 Å². The normalized spacial score (nSPS) is 6.07. The minimum atomic E-state index is 0. The molecule has 0 aromatic rings. The van der Waals surface area contributed by atoms with E-state index in [0.29, 0.717) is 0 Å². The van der Waals surface area contributed by atoms with E-state index in [4.69, 9.17) is 0 Å². The molecule has 0 aromatic carbocycles. The van der Waals surface area contributed by atoms with Gasteiger partial charge in [-0.15, -0.1) is 5.92 Å².